The third kappa shape index (κ3) is 18.2. The van der Waals surface area contributed by atoms with Gasteiger partial charge in [-0.15, -0.1) is 0 Å². The van der Waals surface area contributed by atoms with Crippen LogP contribution in [0.1, 0.15) is 32.1 Å². The molecule has 5 N–H and O–H groups in total. The van der Waals surface area contributed by atoms with Gasteiger partial charge < -0.3 is 30.5 Å². The highest BCUT2D eigenvalue weighted by atomic mass is 32.2. The number of hydrogen-bond donors (Lipinski definition) is 5. The standard InChI is InChI=1S/C17H31N3O10S/c1-18-15(22)6-9-30-11-10-29-8-3-4-14(21)13(12-31(26,27)28)20-17(25)19-7-2-5-16(23)24/h13H,2-12H2,1H3,(H,18,22)(H,23,24)(H2,19,20,25)(H,26,27,28)/t13-/m0/s1. The molecule has 0 heterocycles. The molecule has 0 aliphatic carbocycles. The Morgan fingerprint density at radius 3 is 2.16 bits per heavy atom. The van der Waals surface area contributed by atoms with Crippen LogP contribution in [-0.2, 0) is 34.0 Å². The van der Waals surface area contributed by atoms with Gasteiger partial charge >= 0.3 is 12.0 Å². The molecule has 14 heteroatoms. The van der Waals surface area contributed by atoms with Gasteiger partial charge in [0.05, 0.1) is 19.8 Å². The Kier molecular flexibility index (Phi) is 15.2. The van der Waals surface area contributed by atoms with E-state index in [0.29, 0.717) is 0 Å². The largest absolute Gasteiger partial charge is 0.481 e. The van der Waals surface area contributed by atoms with Crippen LogP contribution in [0.2, 0.25) is 0 Å². The number of carbonyl (C=O) groups excluding carboxylic acids is 3. The number of Topliss-reactive ketones (excluding diaryl/α,β-unsaturated/α-hetero) is 1. The van der Waals surface area contributed by atoms with E-state index in [9.17, 15) is 27.6 Å². The Balaban J connectivity index is 4.19. The van der Waals surface area contributed by atoms with Crippen molar-refractivity contribution in [2.75, 3.05) is 45.8 Å². The van der Waals surface area contributed by atoms with Gasteiger partial charge in [0.2, 0.25) is 5.91 Å². The fraction of sp³-hybridized carbons (Fsp3) is 0.765. The molecule has 180 valence electrons. The van der Waals surface area contributed by atoms with Gasteiger partial charge in [-0.1, -0.05) is 0 Å². The van der Waals surface area contributed by atoms with Crippen LogP contribution in [0.25, 0.3) is 0 Å². The van der Waals surface area contributed by atoms with Gasteiger partial charge in [0.25, 0.3) is 10.1 Å². The molecule has 13 nitrogen and oxygen atoms in total. The molecule has 0 bridgehead atoms. The Hall–Kier alpha value is -2.29. The zero-order valence-corrected chi connectivity index (χ0v) is 18.2. The van der Waals surface area contributed by atoms with Crippen molar-refractivity contribution >= 4 is 33.8 Å². The second-order valence-electron chi connectivity index (χ2n) is 6.42. The fourth-order valence-electron chi connectivity index (χ4n) is 2.21. The lowest BCUT2D eigenvalue weighted by atomic mass is 10.1. The summed E-state index contributed by atoms with van der Waals surface area (Å²) < 4.78 is 41.7. The van der Waals surface area contributed by atoms with Crippen LogP contribution in [0, 0.1) is 0 Å². The van der Waals surface area contributed by atoms with Crippen LogP contribution in [0.3, 0.4) is 0 Å². The van der Waals surface area contributed by atoms with Crippen molar-refractivity contribution in [2.24, 2.45) is 0 Å². The molecule has 0 unspecified atom stereocenters. The molecule has 0 spiro atoms. The van der Waals surface area contributed by atoms with Crippen molar-refractivity contribution in [2.45, 2.75) is 38.1 Å². The van der Waals surface area contributed by atoms with Crippen LogP contribution in [0.5, 0.6) is 0 Å². The molecule has 0 saturated carbocycles. The molecule has 0 aliphatic heterocycles. The lowest BCUT2D eigenvalue weighted by molar-refractivity contribution is -0.137. The van der Waals surface area contributed by atoms with Gasteiger partial charge in [-0.2, -0.15) is 8.42 Å². The Bertz CT molecular complexity index is 684. The predicted octanol–water partition coefficient (Wildman–Crippen LogP) is -1.07. The number of carboxylic acids is 1. The zero-order valence-electron chi connectivity index (χ0n) is 17.4. The van der Waals surface area contributed by atoms with E-state index in [4.69, 9.17) is 19.1 Å². The summed E-state index contributed by atoms with van der Waals surface area (Å²) in [5.41, 5.74) is 0. The number of ketones is 1. The Labute approximate surface area is 181 Å². The van der Waals surface area contributed by atoms with Crippen molar-refractivity contribution in [3.8, 4) is 0 Å². The third-order valence-corrected chi connectivity index (χ3v) is 4.51. The van der Waals surface area contributed by atoms with Gasteiger partial charge in [0.15, 0.2) is 5.78 Å². The van der Waals surface area contributed by atoms with Crippen molar-refractivity contribution in [3.05, 3.63) is 0 Å². The van der Waals surface area contributed by atoms with Crippen LogP contribution in [0.15, 0.2) is 0 Å². The first kappa shape index (κ1) is 28.7. The highest BCUT2D eigenvalue weighted by molar-refractivity contribution is 7.85. The summed E-state index contributed by atoms with van der Waals surface area (Å²) in [6.45, 7) is 0.963. The monoisotopic (exact) mass is 469 g/mol. The number of rotatable bonds is 18. The van der Waals surface area contributed by atoms with Gasteiger partial charge in [0, 0.05) is 39.5 Å². The number of ether oxygens (including phenoxy) is 2. The average Bonchev–Trinajstić information content (AvgIpc) is 2.67. The lowest BCUT2D eigenvalue weighted by Crippen LogP contribution is -2.49. The minimum atomic E-state index is -4.52. The second kappa shape index (κ2) is 16.4. The normalized spacial score (nSPS) is 12.1. The summed E-state index contributed by atoms with van der Waals surface area (Å²) in [4.78, 5) is 45.4. The number of amides is 3. The molecule has 1 atom stereocenters. The molecule has 0 rings (SSSR count). The number of urea groups is 1. The predicted molar refractivity (Wildman–Crippen MR) is 108 cm³/mol. The lowest BCUT2D eigenvalue weighted by Gasteiger charge is -2.17. The molecule has 3 amide bonds. The molecular formula is C17H31N3O10S. The molecule has 0 aromatic heterocycles. The molecule has 0 aliphatic rings. The maximum Gasteiger partial charge on any atom is 0.315 e. The van der Waals surface area contributed by atoms with Gasteiger partial charge in [0.1, 0.15) is 11.8 Å². The van der Waals surface area contributed by atoms with Gasteiger partial charge in [-0.25, -0.2) is 4.79 Å². The summed E-state index contributed by atoms with van der Waals surface area (Å²) in [6, 6.07) is -2.31. The molecule has 31 heavy (non-hydrogen) atoms. The van der Waals surface area contributed by atoms with E-state index in [0.717, 1.165) is 0 Å². The highest BCUT2D eigenvalue weighted by Gasteiger charge is 2.25. The molecule has 0 aromatic carbocycles. The van der Waals surface area contributed by atoms with E-state index in [1.807, 2.05) is 0 Å². The number of carboxylic acid groups (broad SMARTS) is 1. The van der Waals surface area contributed by atoms with Crippen molar-refractivity contribution in [1.29, 1.82) is 0 Å². The zero-order chi connectivity index (χ0) is 23.7. The molecule has 0 radical (unpaired) electrons. The molecule has 0 fully saturated rings. The van der Waals surface area contributed by atoms with Gasteiger partial charge in [-0.3, -0.25) is 18.9 Å². The van der Waals surface area contributed by atoms with E-state index in [-0.39, 0.29) is 71.0 Å². The van der Waals surface area contributed by atoms with E-state index < -0.39 is 39.7 Å². The summed E-state index contributed by atoms with van der Waals surface area (Å²) in [5, 5.41) is 15.5. The number of nitrogens with one attached hydrogen (secondary N) is 3. The average molecular weight is 470 g/mol. The topological polar surface area (TPSA) is 197 Å². The van der Waals surface area contributed by atoms with Crippen LogP contribution in [-0.4, -0.2) is 93.6 Å². The highest BCUT2D eigenvalue weighted by Crippen LogP contribution is 2.01. The smallest absolute Gasteiger partial charge is 0.315 e. The first-order valence-electron chi connectivity index (χ1n) is 9.65. The summed E-state index contributed by atoms with van der Waals surface area (Å²) >= 11 is 0. The minimum absolute atomic E-state index is 0.0178. The quantitative estimate of drug-likeness (QED) is 0.122. The minimum Gasteiger partial charge on any atom is -0.481 e. The third-order valence-electron chi connectivity index (χ3n) is 3.76. The van der Waals surface area contributed by atoms with E-state index >= 15 is 0 Å². The summed E-state index contributed by atoms with van der Waals surface area (Å²) in [7, 11) is -3.00. The van der Waals surface area contributed by atoms with E-state index in [1.165, 1.54) is 7.05 Å². The van der Waals surface area contributed by atoms with Crippen LogP contribution < -0.4 is 16.0 Å². The fourth-order valence-corrected chi connectivity index (χ4v) is 2.90. The molecular weight excluding hydrogens is 438 g/mol. The van der Waals surface area contributed by atoms with Crippen molar-refractivity contribution in [1.82, 2.24) is 16.0 Å². The maximum atomic E-state index is 12.2. The van der Waals surface area contributed by atoms with Crippen molar-refractivity contribution < 1.29 is 46.7 Å². The first-order chi connectivity index (χ1) is 14.5. The van der Waals surface area contributed by atoms with Crippen LogP contribution >= 0.6 is 0 Å². The number of carbonyl (C=O) groups is 4. The van der Waals surface area contributed by atoms with Crippen LogP contribution in [0.4, 0.5) is 4.79 Å². The molecule has 0 saturated heterocycles. The van der Waals surface area contributed by atoms with Crippen molar-refractivity contribution in [3.63, 3.8) is 0 Å². The Morgan fingerprint density at radius 2 is 1.58 bits per heavy atom. The number of aliphatic carboxylic acids is 1. The van der Waals surface area contributed by atoms with Gasteiger partial charge in [-0.05, 0) is 12.8 Å². The SMILES string of the molecule is CNC(=O)CCOCCOCCCC(=O)[C@H](CS(=O)(=O)O)NC(=O)NCCCC(=O)O. The summed E-state index contributed by atoms with van der Waals surface area (Å²) in [6.07, 6.45) is 0.386. The van der Waals surface area contributed by atoms with E-state index in [1.54, 1.807) is 0 Å². The second-order valence-corrected chi connectivity index (χ2v) is 7.91. The maximum absolute atomic E-state index is 12.2. The number of hydrogen-bond acceptors (Lipinski definition) is 8. The summed E-state index contributed by atoms with van der Waals surface area (Å²) in [5.74, 6) is -2.75. The first-order valence-corrected chi connectivity index (χ1v) is 11.3. The Morgan fingerprint density at radius 1 is 0.935 bits per heavy atom. The molecule has 0 aromatic rings. The van der Waals surface area contributed by atoms with E-state index in [2.05, 4.69) is 16.0 Å².